The zero-order chi connectivity index (χ0) is 14.2. The van der Waals surface area contributed by atoms with Crippen molar-refractivity contribution in [3.05, 3.63) is 36.1 Å². The van der Waals surface area contributed by atoms with Gasteiger partial charge in [0.25, 0.3) is 0 Å². The van der Waals surface area contributed by atoms with Gasteiger partial charge in [-0.2, -0.15) is 0 Å². The highest BCUT2D eigenvalue weighted by molar-refractivity contribution is 5.80. The molecule has 0 aliphatic carbocycles. The van der Waals surface area contributed by atoms with E-state index in [0.717, 1.165) is 25.2 Å². The van der Waals surface area contributed by atoms with Crippen LogP contribution in [0.1, 0.15) is 18.4 Å². The van der Waals surface area contributed by atoms with Crippen molar-refractivity contribution in [2.45, 2.75) is 31.5 Å². The van der Waals surface area contributed by atoms with Crippen LogP contribution < -0.4 is 0 Å². The molecule has 0 unspecified atom stereocenters. The summed E-state index contributed by atoms with van der Waals surface area (Å²) < 4.78 is 5.65. The number of furan rings is 1. The van der Waals surface area contributed by atoms with E-state index in [1.807, 2.05) is 18.4 Å². The summed E-state index contributed by atoms with van der Waals surface area (Å²) in [7, 11) is 0. The Hall–Kier alpha value is -1.36. The summed E-state index contributed by atoms with van der Waals surface area (Å²) in [6, 6.07) is 9.10. The first-order chi connectivity index (χ1) is 10.3. The zero-order valence-electron chi connectivity index (χ0n) is 12.2. The molecule has 1 aromatic heterocycles. The van der Waals surface area contributed by atoms with Gasteiger partial charge in [-0.1, -0.05) is 18.2 Å². The van der Waals surface area contributed by atoms with E-state index in [2.05, 4.69) is 21.9 Å². The van der Waals surface area contributed by atoms with Crippen LogP contribution in [0.5, 0.6) is 0 Å². The largest absolute Gasteiger partial charge is 0.464 e. The van der Waals surface area contributed by atoms with Crippen molar-refractivity contribution >= 4 is 11.0 Å². The lowest BCUT2D eigenvalue weighted by Gasteiger charge is -2.43. The van der Waals surface area contributed by atoms with Gasteiger partial charge in [0.1, 0.15) is 5.58 Å². The third-order valence-corrected chi connectivity index (χ3v) is 5.05. The molecule has 1 aromatic carbocycles. The molecule has 0 spiro atoms. The lowest BCUT2D eigenvalue weighted by Crippen LogP contribution is -2.56. The Morgan fingerprint density at radius 2 is 2.14 bits per heavy atom. The molecule has 0 bridgehead atoms. The van der Waals surface area contributed by atoms with Gasteiger partial charge < -0.3 is 9.52 Å². The molecular formula is C17H22N2O2. The van der Waals surface area contributed by atoms with Gasteiger partial charge in [0.15, 0.2) is 0 Å². The molecule has 2 atom stereocenters. The van der Waals surface area contributed by atoms with Gasteiger partial charge >= 0.3 is 0 Å². The summed E-state index contributed by atoms with van der Waals surface area (Å²) in [4.78, 5) is 4.98. The fraction of sp³-hybridized carbons (Fsp3) is 0.529. The van der Waals surface area contributed by atoms with Gasteiger partial charge in [-0.05, 0) is 25.5 Å². The minimum Gasteiger partial charge on any atom is -0.464 e. The number of benzene rings is 1. The van der Waals surface area contributed by atoms with E-state index >= 15 is 0 Å². The van der Waals surface area contributed by atoms with Gasteiger partial charge in [-0.3, -0.25) is 9.80 Å². The van der Waals surface area contributed by atoms with Crippen LogP contribution in [0.25, 0.3) is 11.0 Å². The Balaban J connectivity index is 1.57. The third kappa shape index (κ3) is 2.37. The van der Waals surface area contributed by atoms with Crippen molar-refractivity contribution in [3.8, 4) is 0 Å². The van der Waals surface area contributed by atoms with E-state index in [1.54, 1.807) is 0 Å². The number of nitrogens with zero attached hydrogens (tertiary/aromatic N) is 2. The standard InChI is InChI=1S/C17H22N2O2/c20-11-15-10-18-7-3-4-14(18)9-19(15)8-13-12-21-17-6-2-1-5-16(13)17/h1-2,5-6,12,14-15,20H,3-4,7-11H2/t14-,15+/m0/s1. The van der Waals surface area contributed by atoms with Crippen LogP contribution in [-0.4, -0.2) is 53.2 Å². The van der Waals surface area contributed by atoms with E-state index in [0.29, 0.717) is 6.04 Å². The highest BCUT2D eigenvalue weighted by Crippen LogP contribution is 2.28. The maximum atomic E-state index is 9.73. The van der Waals surface area contributed by atoms with E-state index in [1.165, 1.54) is 30.3 Å². The minimum atomic E-state index is 0.235. The SMILES string of the molecule is OC[C@H]1CN2CCC[C@H]2CN1Cc1coc2ccccc12. The maximum absolute atomic E-state index is 9.73. The van der Waals surface area contributed by atoms with Gasteiger partial charge in [-0.15, -0.1) is 0 Å². The monoisotopic (exact) mass is 286 g/mol. The molecule has 0 amide bonds. The number of piperazine rings is 1. The van der Waals surface area contributed by atoms with Crippen LogP contribution in [0.3, 0.4) is 0 Å². The predicted octanol–water partition coefficient (Wildman–Crippen LogP) is 2.07. The van der Waals surface area contributed by atoms with Crippen molar-refractivity contribution in [2.75, 3.05) is 26.2 Å². The molecule has 112 valence electrons. The number of aliphatic hydroxyl groups is 1. The number of aliphatic hydroxyl groups excluding tert-OH is 1. The smallest absolute Gasteiger partial charge is 0.134 e. The van der Waals surface area contributed by atoms with Crippen molar-refractivity contribution in [3.63, 3.8) is 0 Å². The van der Waals surface area contributed by atoms with Crippen molar-refractivity contribution in [1.29, 1.82) is 0 Å². The first-order valence-corrected chi connectivity index (χ1v) is 7.89. The van der Waals surface area contributed by atoms with E-state index < -0.39 is 0 Å². The molecule has 3 heterocycles. The van der Waals surface area contributed by atoms with Crippen LogP contribution in [-0.2, 0) is 6.54 Å². The number of hydrogen-bond donors (Lipinski definition) is 1. The Kier molecular flexibility index (Phi) is 3.45. The number of para-hydroxylation sites is 1. The predicted molar refractivity (Wildman–Crippen MR) is 82.1 cm³/mol. The summed E-state index contributed by atoms with van der Waals surface area (Å²) in [5.41, 5.74) is 2.18. The first kappa shape index (κ1) is 13.3. The van der Waals surface area contributed by atoms with Gasteiger partial charge in [0, 0.05) is 42.7 Å². The number of hydrogen-bond acceptors (Lipinski definition) is 4. The van der Waals surface area contributed by atoms with E-state index in [9.17, 15) is 5.11 Å². The molecular weight excluding hydrogens is 264 g/mol. The average Bonchev–Trinajstić information content (AvgIpc) is 3.13. The van der Waals surface area contributed by atoms with E-state index in [-0.39, 0.29) is 12.6 Å². The third-order valence-electron chi connectivity index (χ3n) is 5.05. The first-order valence-electron chi connectivity index (χ1n) is 7.89. The summed E-state index contributed by atoms with van der Waals surface area (Å²) in [5.74, 6) is 0. The highest BCUT2D eigenvalue weighted by atomic mass is 16.3. The second kappa shape index (κ2) is 5.44. The molecule has 0 radical (unpaired) electrons. The van der Waals surface area contributed by atoms with Gasteiger partial charge in [0.05, 0.1) is 12.9 Å². The Labute approximate surface area is 124 Å². The lowest BCUT2D eigenvalue weighted by atomic mass is 10.1. The van der Waals surface area contributed by atoms with Crippen molar-refractivity contribution < 1.29 is 9.52 Å². The zero-order valence-corrected chi connectivity index (χ0v) is 12.2. The van der Waals surface area contributed by atoms with Crippen LogP contribution in [0, 0.1) is 0 Å². The molecule has 4 heteroatoms. The average molecular weight is 286 g/mol. The Morgan fingerprint density at radius 3 is 3.05 bits per heavy atom. The summed E-state index contributed by atoms with van der Waals surface area (Å²) in [6.07, 6.45) is 4.46. The molecule has 21 heavy (non-hydrogen) atoms. The number of rotatable bonds is 3. The normalized spacial score (nSPS) is 27.3. The lowest BCUT2D eigenvalue weighted by molar-refractivity contribution is 0.0171. The molecule has 2 aliphatic heterocycles. The molecule has 1 N–H and O–H groups in total. The Morgan fingerprint density at radius 1 is 1.24 bits per heavy atom. The van der Waals surface area contributed by atoms with E-state index in [4.69, 9.17) is 4.42 Å². The quantitative estimate of drug-likeness (QED) is 0.938. The molecule has 2 aliphatic rings. The number of fused-ring (bicyclic) bond motifs is 2. The topological polar surface area (TPSA) is 39.9 Å². The Bertz CT molecular complexity index is 624. The fourth-order valence-electron chi connectivity index (χ4n) is 3.89. The second-order valence-corrected chi connectivity index (χ2v) is 6.31. The van der Waals surface area contributed by atoms with Crippen molar-refractivity contribution in [1.82, 2.24) is 9.80 Å². The molecule has 4 nitrogen and oxygen atoms in total. The molecule has 4 rings (SSSR count). The van der Waals surface area contributed by atoms with Crippen LogP contribution in [0.2, 0.25) is 0 Å². The van der Waals surface area contributed by atoms with Crippen LogP contribution >= 0.6 is 0 Å². The van der Waals surface area contributed by atoms with Crippen LogP contribution in [0.4, 0.5) is 0 Å². The second-order valence-electron chi connectivity index (χ2n) is 6.31. The van der Waals surface area contributed by atoms with Gasteiger partial charge in [0.2, 0.25) is 0 Å². The van der Waals surface area contributed by atoms with Crippen LogP contribution in [0.15, 0.2) is 34.9 Å². The molecule has 2 saturated heterocycles. The summed E-state index contributed by atoms with van der Waals surface area (Å²) in [6.45, 7) is 4.36. The maximum Gasteiger partial charge on any atom is 0.134 e. The molecule has 0 saturated carbocycles. The highest BCUT2D eigenvalue weighted by Gasteiger charge is 2.36. The summed E-state index contributed by atoms with van der Waals surface area (Å²) >= 11 is 0. The molecule has 2 fully saturated rings. The summed E-state index contributed by atoms with van der Waals surface area (Å²) in [5, 5.41) is 10.9. The molecule has 2 aromatic rings. The fourth-order valence-corrected chi connectivity index (χ4v) is 3.89. The minimum absolute atomic E-state index is 0.235. The van der Waals surface area contributed by atoms with Crippen molar-refractivity contribution in [2.24, 2.45) is 0 Å². The van der Waals surface area contributed by atoms with Gasteiger partial charge in [-0.25, -0.2) is 0 Å².